The Bertz CT molecular complexity index is 436. The van der Waals surface area contributed by atoms with Crippen LogP contribution in [0.5, 0.6) is 0 Å². The van der Waals surface area contributed by atoms with E-state index in [1.165, 1.54) is 0 Å². The minimum Gasteiger partial charge on any atom is -0.462 e. The number of hydrogen-bond donors (Lipinski definition) is 0. The third-order valence-electron chi connectivity index (χ3n) is 2.04. The molecule has 5 nitrogen and oxygen atoms in total. The predicted molar refractivity (Wildman–Crippen MR) is 64.2 cm³/mol. The number of rotatable bonds is 6. The molecule has 17 heavy (non-hydrogen) atoms. The van der Waals surface area contributed by atoms with E-state index in [4.69, 9.17) is 10.3 Å². The van der Waals surface area contributed by atoms with Crippen LogP contribution in [0.15, 0.2) is 47.7 Å². The maximum Gasteiger partial charge on any atom is 0.338 e. The summed E-state index contributed by atoms with van der Waals surface area (Å²) in [5, 5.41) is 3.35. The zero-order valence-electron chi connectivity index (χ0n) is 9.37. The Morgan fingerprint density at radius 1 is 1.41 bits per heavy atom. The molecule has 0 aliphatic carbocycles. The smallest absolute Gasteiger partial charge is 0.338 e. The molecule has 0 bridgehead atoms. The van der Waals surface area contributed by atoms with Crippen LogP contribution in [0.2, 0.25) is 0 Å². The van der Waals surface area contributed by atoms with Gasteiger partial charge in [0.15, 0.2) is 0 Å². The minimum atomic E-state index is -0.347. The summed E-state index contributed by atoms with van der Waals surface area (Å²) in [6, 6.07) is 8.78. The van der Waals surface area contributed by atoms with E-state index in [9.17, 15) is 4.79 Å². The molecular formula is C12H13N3O2. The number of benzene rings is 1. The number of nitrogens with zero attached hydrogens (tertiary/aromatic N) is 3. The van der Waals surface area contributed by atoms with Crippen molar-refractivity contribution in [3.8, 4) is 0 Å². The zero-order valence-corrected chi connectivity index (χ0v) is 9.37. The number of carbonyl (C=O) groups is 1. The monoisotopic (exact) mass is 231 g/mol. The van der Waals surface area contributed by atoms with Gasteiger partial charge in [-0.25, -0.2) is 4.79 Å². The first-order chi connectivity index (χ1) is 8.24. The number of azide groups is 1. The van der Waals surface area contributed by atoms with Crippen molar-refractivity contribution in [1.82, 2.24) is 0 Å². The molecule has 5 heteroatoms. The van der Waals surface area contributed by atoms with Crippen molar-refractivity contribution < 1.29 is 9.53 Å². The highest BCUT2D eigenvalue weighted by Crippen LogP contribution is 2.06. The summed E-state index contributed by atoms with van der Waals surface area (Å²) in [6.07, 6.45) is 1.11. The summed E-state index contributed by atoms with van der Waals surface area (Å²) in [7, 11) is 0. The van der Waals surface area contributed by atoms with Gasteiger partial charge in [0.05, 0.1) is 12.2 Å². The maximum absolute atomic E-state index is 11.5. The fourth-order valence-electron chi connectivity index (χ4n) is 1.21. The zero-order chi connectivity index (χ0) is 12.5. The van der Waals surface area contributed by atoms with Crippen LogP contribution in [-0.4, -0.2) is 12.6 Å². The van der Waals surface area contributed by atoms with E-state index in [-0.39, 0.29) is 12.6 Å². The van der Waals surface area contributed by atoms with Crippen molar-refractivity contribution in [3.63, 3.8) is 0 Å². The molecule has 0 aliphatic rings. The lowest BCUT2D eigenvalue weighted by atomic mass is 10.2. The van der Waals surface area contributed by atoms with Crippen molar-refractivity contribution in [3.05, 3.63) is 58.6 Å². The van der Waals surface area contributed by atoms with Crippen LogP contribution in [-0.2, 0) is 4.74 Å². The van der Waals surface area contributed by atoms with Crippen LogP contribution in [0.3, 0.4) is 0 Å². The van der Waals surface area contributed by atoms with Gasteiger partial charge in [0.1, 0.15) is 0 Å². The fourth-order valence-corrected chi connectivity index (χ4v) is 1.21. The molecule has 1 aromatic carbocycles. The quantitative estimate of drug-likeness (QED) is 0.247. The van der Waals surface area contributed by atoms with Crippen LogP contribution >= 0.6 is 0 Å². The normalized spacial score (nSPS) is 9.18. The van der Waals surface area contributed by atoms with Crippen LogP contribution < -0.4 is 0 Å². The third-order valence-corrected chi connectivity index (χ3v) is 2.04. The number of hydrogen-bond acceptors (Lipinski definition) is 3. The van der Waals surface area contributed by atoms with Gasteiger partial charge in [-0.15, -0.1) is 0 Å². The Morgan fingerprint density at radius 3 is 2.76 bits per heavy atom. The molecule has 0 radical (unpaired) electrons. The molecule has 1 rings (SSSR count). The lowest BCUT2D eigenvalue weighted by Crippen LogP contribution is -2.06. The number of esters is 1. The maximum atomic E-state index is 11.5. The number of carbonyl (C=O) groups excluding carboxylic acids is 1. The summed E-state index contributed by atoms with van der Waals surface area (Å²) < 4.78 is 5.04. The van der Waals surface area contributed by atoms with Crippen molar-refractivity contribution in [2.45, 2.75) is 12.8 Å². The number of ether oxygens (including phenoxy) is 1. The molecule has 0 unspecified atom stereocenters. The van der Waals surface area contributed by atoms with E-state index in [1.54, 1.807) is 24.3 Å². The first kappa shape index (κ1) is 12.8. The summed E-state index contributed by atoms with van der Waals surface area (Å²) in [5.74, 6) is -0.347. The van der Waals surface area contributed by atoms with E-state index < -0.39 is 0 Å². The lowest BCUT2D eigenvalue weighted by Gasteiger charge is -2.04. The molecule has 0 amide bonds. The SMILES string of the molecule is C=C(CCCOC(=O)c1ccccc1)N=[N+]=[N-]. The largest absolute Gasteiger partial charge is 0.462 e. The number of allylic oxidation sites excluding steroid dienone is 1. The second-order valence-electron chi connectivity index (χ2n) is 3.36. The third kappa shape index (κ3) is 4.86. The lowest BCUT2D eigenvalue weighted by molar-refractivity contribution is 0.0500. The Balaban J connectivity index is 2.26. The molecule has 0 saturated heterocycles. The van der Waals surface area contributed by atoms with Gasteiger partial charge >= 0.3 is 5.97 Å². The molecular weight excluding hydrogens is 218 g/mol. The van der Waals surface area contributed by atoms with Crippen LogP contribution in [0.4, 0.5) is 0 Å². The molecule has 0 aliphatic heterocycles. The summed E-state index contributed by atoms with van der Waals surface area (Å²) in [4.78, 5) is 14.1. The van der Waals surface area contributed by atoms with Gasteiger partial charge in [-0.2, -0.15) is 0 Å². The predicted octanol–water partition coefficient (Wildman–Crippen LogP) is 3.45. The molecule has 0 saturated carbocycles. The Kier molecular flexibility index (Phi) is 5.34. The summed E-state index contributed by atoms with van der Waals surface area (Å²) in [5.41, 5.74) is 9.12. The van der Waals surface area contributed by atoms with Crippen molar-refractivity contribution in [1.29, 1.82) is 0 Å². The minimum absolute atomic E-state index is 0.285. The van der Waals surface area contributed by atoms with Crippen molar-refractivity contribution in [2.75, 3.05) is 6.61 Å². The van der Waals surface area contributed by atoms with E-state index >= 15 is 0 Å². The van der Waals surface area contributed by atoms with Crippen LogP contribution in [0.1, 0.15) is 23.2 Å². The molecule has 0 spiro atoms. The Labute approximate surface area is 99.3 Å². The van der Waals surface area contributed by atoms with E-state index in [2.05, 4.69) is 16.6 Å². The van der Waals surface area contributed by atoms with Gasteiger partial charge in [-0.05, 0) is 30.5 Å². The molecule has 0 fully saturated rings. The molecule has 0 N–H and O–H groups in total. The van der Waals surface area contributed by atoms with E-state index in [1.807, 2.05) is 6.07 Å². The second kappa shape index (κ2) is 7.09. The summed E-state index contributed by atoms with van der Waals surface area (Å²) in [6.45, 7) is 3.84. The molecule has 0 atom stereocenters. The van der Waals surface area contributed by atoms with Crippen molar-refractivity contribution in [2.24, 2.45) is 5.11 Å². The first-order valence-electron chi connectivity index (χ1n) is 5.19. The standard InChI is InChI=1S/C12H13N3O2/c1-10(14-15-13)6-5-9-17-12(16)11-7-3-2-4-8-11/h2-4,7-8H,1,5-6,9H2. The van der Waals surface area contributed by atoms with Gasteiger partial charge < -0.3 is 4.74 Å². The average molecular weight is 231 g/mol. The molecule has 0 aromatic heterocycles. The first-order valence-corrected chi connectivity index (χ1v) is 5.19. The summed E-state index contributed by atoms with van der Waals surface area (Å²) >= 11 is 0. The second-order valence-corrected chi connectivity index (χ2v) is 3.36. The van der Waals surface area contributed by atoms with Crippen molar-refractivity contribution >= 4 is 5.97 Å². The fraction of sp³-hybridized carbons (Fsp3) is 0.250. The van der Waals surface area contributed by atoms with Gasteiger partial charge in [0, 0.05) is 10.6 Å². The highest BCUT2D eigenvalue weighted by Gasteiger charge is 2.04. The van der Waals surface area contributed by atoms with Crippen LogP contribution in [0, 0.1) is 0 Å². The Hall–Kier alpha value is -2.26. The topological polar surface area (TPSA) is 75.1 Å². The molecule has 88 valence electrons. The highest BCUT2D eigenvalue weighted by molar-refractivity contribution is 5.89. The van der Waals surface area contributed by atoms with E-state index in [0.717, 1.165) is 0 Å². The van der Waals surface area contributed by atoms with Gasteiger partial charge in [0.2, 0.25) is 0 Å². The van der Waals surface area contributed by atoms with Gasteiger partial charge in [-0.1, -0.05) is 29.9 Å². The molecule has 0 heterocycles. The Morgan fingerprint density at radius 2 is 2.12 bits per heavy atom. The van der Waals surface area contributed by atoms with Gasteiger partial charge in [0.25, 0.3) is 0 Å². The van der Waals surface area contributed by atoms with Gasteiger partial charge in [-0.3, -0.25) is 0 Å². The highest BCUT2D eigenvalue weighted by atomic mass is 16.5. The average Bonchev–Trinajstić information content (AvgIpc) is 2.36. The molecule has 1 aromatic rings. The van der Waals surface area contributed by atoms with Crippen LogP contribution in [0.25, 0.3) is 10.4 Å². The van der Waals surface area contributed by atoms with E-state index in [0.29, 0.717) is 24.1 Å².